The van der Waals surface area contributed by atoms with Crippen LogP contribution in [0.15, 0.2) is 61.2 Å². The van der Waals surface area contributed by atoms with Crippen LogP contribution >= 0.6 is 0 Å². The van der Waals surface area contributed by atoms with Gasteiger partial charge in [0.1, 0.15) is 29.9 Å². The number of hydrogen-bond acceptors (Lipinski definition) is 8. The Hall–Kier alpha value is -4.49. The Bertz CT molecular complexity index is 1600. The molecule has 0 amide bonds. The molecule has 192 valence electrons. The van der Waals surface area contributed by atoms with Gasteiger partial charge in [-0.3, -0.25) is 4.98 Å². The van der Waals surface area contributed by atoms with Crippen LogP contribution in [0, 0.1) is 17.1 Å². The molecule has 6 heterocycles. The molecule has 38 heavy (non-hydrogen) atoms. The Kier molecular flexibility index (Phi) is 5.54. The molecule has 0 bridgehead atoms. The molecule has 9 nitrogen and oxygen atoms in total. The van der Waals surface area contributed by atoms with E-state index in [-0.39, 0.29) is 18.0 Å². The fourth-order valence-electron chi connectivity index (χ4n) is 4.97. The lowest BCUT2D eigenvalue weighted by Crippen LogP contribution is -2.52. The highest BCUT2D eigenvalue weighted by molar-refractivity contribution is 5.85. The first-order valence-corrected chi connectivity index (χ1v) is 12.3. The number of aromatic nitrogens is 4. The van der Waals surface area contributed by atoms with Crippen molar-refractivity contribution in [2.24, 2.45) is 0 Å². The topological polar surface area (TPSA) is 112 Å². The summed E-state index contributed by atoms with van der Waals surface area (Å²) in [6, 6.07) is 11.0. The van der Waals surface area contributed by atoms with Crippen molar-refractivity contribution >= 4 is 17.0 Å². The highest BCUT2D eigenvalue weighted by Crippen LogP contribution is 2.37. The van der Waals surface area contributed by atoms with Gasteiger partial charge in [-0.2, -0.15) is 10.4 Å². The quantitative estimate of drug-likeness (QED) is 0.404. The Balaban J connectivity index is 1.25. The molecule has 0 radical (unpaired) electrons. The summed E-state index contributed by atoms with van der Waals surface area (Å²) in [4.78, 5) is 11.1. The standard InChI is InChI=1S/C28H26FN7O2/c1-27(2,37)17-38-20-10-21(26-19(12-30)14-33-36(26)15-20)18-5-6-24(32-13-18)35-9-7-28(16-35)11-23(34-28)25-22(29)4-3-8-31-25/h3-6,8,10-11,13-15,34,37H,7,9,16-17H2,1-2H3/t28-/m1/s1. The Morgan fingerprint density at radius 1 is 1.26 bits per heavy atom. The Labute approximate surface area is 218 Å². The highest BCUT2D eigenvalue weighted by atomic mass is 19.1. The van der Waals surface area contributed by atoms with E-state index < -0.39 is 5.60 Å². The fraction of sp³-hybridized carbons (Fsp3) is 0.286. The molecule has 0 saturated carbocycles. The fourth-order valence-corrected chi connectivity index (χ4v) is 4.97. The minimum atomic E-state index is -0.996. The lowest BCUT2D eigenvalue weighted by Gasteiger charge is -2.38. The minimum Gasteiger partial charge on any atom is -0.489 e. The summed E-state index contributed by atoms with van der Waals surface area (Å²) in [5, 5.41) is 27.4. The molecule has 0 aliphatic carbocycles. The van der Waals surface area contributed by atoms with E-state index >= 15 is 0 Å². The number of aliphatic hydroxyl groups is 1. The van der Waals surface area contributed by atoms with Gasteiger partial charge >= 0.3 is 0 Å². The molecule has 1 fully saturated rings. The van der Waals surface area contributed by atoms with Gasteiger partial charge in [0.05, 0.1) is 40.3 Å². The maximum Gasteiger partial charge on any atom is 0.150 e. The summed E-state index contributed by atoms with van der Waals surface area (Å²) >= 11 is 0. The predicted octanol–water partition coefficient (Wildman–Crippen LogP) is 3.54. The first-order chi connectivity index (χ1) is 18.2. The van der Waals surface area contributed by atoms with Crippen LogP contribution in [0.5, 0.6) is 5.75 Å². The number of anilines is 1. The molecular weight excluding hydrogens is 485 g/mol. The lowest BCUT2D eigenvalue weighted by atomic mass is 9.88. The van der Waals surface area contributed by atoms with Crippen LogP contribution in [0.2, 0.25) is 0 Å². The number of hydrogen-bond donors (Lipinski definition) is 2. The SMILES string of the molecule is CC(C)(O)COc1cc(-c2ccc(N3CC[C@@]4(C=C(c5ncccc5F)N4)C3)nc2)c2c(C#N)cnn2c1. The largest absolute Gasteiger partial charge is 0.489 e. The third-order valence-corrected chi connectivity index (χ3v) is 6.80. The zero-order valence-corrected chi connectivity index (χ0v) is 21.0. The van der Waals surface area contributed by atoms with Gasteiger partial charge in [0.25, 0.3) is 0 Å². The van der Waals surface area contributed by atoms with Crippen molar-refractivity contribution in [2.45, 2.75) is 31.4 Å². The third-order valence-electron chi connectivity index (χ3n) is 6.80. The zero-order chi connectivity index (χ0) is 26.5. The smallest absolute Gasteiger partial charge is 0.150 e. The van der Waals surface area contributed by atoms with Gasteiger partial charge in [-0.25, -0.2) is 13.9 Å². The van der Waals surface area contributed by atoms with Crippen molar-refractivity contribution in [2.75, 3.05) is 24.6 Å². The van der Waals surface area contributed by atoms with Crippen LogP contribution in [0.25, 0.3) is 22.3 Å². The number of ether oxygens (including phenoxy) is 1. The predicted molar refractivity (Wildman–Crippen MR) is 140 cm³/mol. The molecule has 10 heteroatoms. The van der Waals surface area contributed by atoms with Crippen LogP contribution in [-0.2, 0) is 0 Å². The van der Waals surface area contributed by atoms with Crippen LogP contribution in [-0.4, -0.2) is 55.5 Å². The molecule has 4 aromatic heterocycles. The van der Waals surface area contributed by atoms with Crippen molar-refractivity contribution in [3.05, 3.63) is 78.3 Å². The first kappa shape index (κ1) is 23.9. The molecule has 0 unspecified atom stereocenters. The normalized spacial score (nSPS) is 18.7. The maximum absolute atomic E-state index is 14.1. The number of nitrogens with zero attached hydrogens (tertiary/aromatic N) is 6. The van der Waals surface area contributed by atoms with E-state index in [9.17, 15) is 14.8 Å². The number of rotatable bonds is 6. The van der Waals surface area contributed by atoms with Crippen LogP contribution in [0.1, 0.15) is 31.5 Å². The number of nitrogens with one attached hydrogen (secondary N) is 1. The maximum atomic E-state index is 14.1. The van der Waals surface area contributed by atoms with E-state index in [0.717, 1.165) is 35.6 Å². The van der Waals surface area contributed by atoms with Crippen LogP contribution in [0.3, 0.4) is 0 Å². The van der Waals surface area contributed by atoms with Crippen LogP contribution in [0.4, 0.5) is 10.2 Å². The molecule has 2 N–H and O–H groups in total. The lowest BCUT2D eigenvalue weighted by molar-refractivity contribution is 0.0283. The van der Waals surface area contributed by atoms with Gasteiger partial charge in [-0.15, -0.1) is 0 Å². The number of nitriles is 1. The van der Waals surface area contributed by atoms with E-state index in [0.29, 0.717) is 29.1 Å². The van der Waals surface area contributed by atoms with Gasteiger partial charge in [0.2, 0.25) is 0 Å². The van der Waals surface area contributed by atoms with E-state index in [1.807, 2.05) is 18.2 Å². The summed E-state index contributed by atoms with van der Waals surface area (Å²) in [6.45, 7) is 4.97. The molecule has 4 aromatic rings. The Morgan fingerprint density at radius 3 is 2.82 bits per heavy atom. The van der Waals surface area contributed by atoms with E-state index in [2.05, 4.69) is 32.4 Å². The van der Waals surface area contributed by atoms with Gasteiger partial charge < -0.3 is 20.1 Å². The second-order valence-corrected chi connectivity index (χ2v) is 10.4. The van der Waals surface area contributed by atoms with Crippen molar-refractivity contribution in [1.82, 2.24) is 24.9 Å². The molecule has 2 aliphatic heterocycles. The van der Waals surface area contributed by atoms with E-state index in [1.165, 1.54) is 12.3 Å². The van der Waals surface area contributed by atoms with E-state index in [4.69, 9.17) is 9.72 Å². The van der Waals surface area contributed by atoms with Crippen molar-refractivity contribution in [3.8, 4) is 22.9 Å². The van der Waals surface area contributed by atoms with Gasteiger partial charge in [0.15, 0.2) is 5.82 Å². The van der Waals surface area contributed by atoms with Gasteiger partial charge in [0, 0.05) is 36.6 Å². The molecule has 1 saturated heterocycles. The second kappa shape index (κ2) is 8.82. The van der Waals surface area contributed by atoms with Gasteiger partial charge in [-0.05, 0) is 56.7 Å². The summed E-state index contributed by atoms with van der Waals surface area (Å²) in [5.74, 6) is 1.02. The first-order valence-electron chi connectivity index (χ1n) is 12.3. The number of fused-ring (bicyclic) bond motifs is 1. The molecular formula is C28H26FN7O2. The molecule has 1 spiro atoms. The monoisotopic (exact) mass is 511 g/mol. The van der Waals surface area contributed by atoms with Crippen molar-refractivity contribution < 1.29 is 14.2 Å². The Morgan fingerprint density at radius 2 is 2.11 bits per heavy atom. The number of halogens is 1. The third kappa shape index (κ3) is 4.31. The molecule has 2 aliphatic rings. The average Bonchev–Trinajstić information content (AvgIpc) is 3.51. The summed E-state index contributed by atoms with van der Waals surface area (Å²) in [6.07, 6.45) is 9.52. The van der Waals surface area contributed by atoms with Gasteiger partial charge in [-0.1, -0.05) is 0 Å². The van der Waals surface area contributed by atoms with Crippen LogP contribution < -0.4 is 15.0 Å². The number of pyridine rings is 3. The molecule has 6 rings (SSSR count). The zero-order valence-electron chi connectivity index (χ0n) is 21.0. The highest BCUT2D eigenvalue weighted by Gasteiger charge is 2.43. The molecule has 1 atom stereocenters. The summed E-state index contributed by atoms with van der Waals surface area (Å²) in [5.41, 5.74) is 2.52. The van der Waals surface area contributed by atoms with Crippen molar-refractivity contribution in [1.29, 1.82) is 5.26 Å². The second-order valence-electron chi connectivity index (χ2n) is 10.4. The summed E-state index contributed by atoms with van der Waals surface area (Å²) < 4.78 is 21.5. The molecule has 0 aromatic carbocycles. The minimum absolute atomic E-state index is 0.107. The average molecular weight is 512 g/mol. The van der Waals surface area contributed by atoms with E-state index in [1.54, 1.807) is 43.0 Å². The van der Waals surface area contributed by atoms with Crippen molar-refractivity contribution in [3.63, 3.8) is 0 Å². The summed E-state index contributed by atoms with van der Waals surface area (Å²) in [7, 11) is 0.